The van der Waals surface area contributed by atoms with Crippen molar-refractivity contribution in [3.63, 3.8) is 0 Å². The molecule has 0 radical (unpaired) electrons. The Morgan fingerprint density at radius 1 is 0.800 bits per heavy atom. The average molecular weight is 624 g/mol. The zero-order valence-corrected chi connectivity index (χ0v) is 29.2. The Morgan fingerprint density at radius 2 is 1.33 bits per heavy atom. The quantitative estimate of drug-likeness (QED) is 0.282. The van der Waals surface area contributed by atoms with Crippen LogP contribution in [0.25, 0.3) is 0 Å². The van der Waals surface area contributed by atoms with Crippen LogP contribution in [0.3, 0.4) is 0 Å². The molecule has 2 rings (SSSR count). The first-order valence-electron chi connectivity index (χ1n) is 15.6. The van der Waals surface area contributed by atoms with Gasteiger partial charge in [-0.05, 0) is 93.7 Å². The molecule has 0 heterocycles. The van der Waals surface area contributed by atoms with Crippen LogP contribution in [-0.2, 0) is 30.3 Å². The third-order valence-electron chi connectivity index (χ3n) is 7.22. The summed E-state index contributed by atoms with van der Waals surface area (Å²) in [7, 11) is 0. The van der Waals surface area contributed by atoms with Crippen molar-refractivity contribution in [2.75, 3.05) is 0 Å². The molecule has 2 aromatic rings. The van der Waals surface area contributed by atoms with E-state index in [1.807, 2.05) is 83.1 Å². The SMILES string of the molecule is CCC(C)(C)N(C(=O)C(C)NC(=O)OC(C)(C)C)C(C(=O)NC(Cc1ccccc1)C(=O)OC(C)(C)C)c1cc(C)cc(C)c1. The number of hydrogen-bond donors (Lipinski definition) is 2. The molecule has 0 saturated carbocycles. The van der Waals surface area contributed by atoms with E-state index in [9.17, 15) is 19.2 Å². The smallest absolute Gasteiger partial charge is 0.408 e. The number of nitrogens with zero attached hydrogens (tertiary/aromatic N) is 1. The minimum atomic E-state index is -1.13. The predicted octanol–water partition coefficient (Wildman–Crippen LogP) is 6.34. The Bertz CT molecular complexity index is 1320. The monoisotopic (exact) mass is 623 g/mol. The first-order chi connectivity index (χ1) is 20.6. The van der Waals surface area contributed by atoms with Crippen LogP contribution < -0.4 is 10.6 Å². The minimum Gasteiger partial charge on any atom is -0.458 e. The highest BCUT2D eigenvalue weighted by Gasteiger charge is 2.43. The maximum atomic E-state index is 14.6. The second-order valence-electron chi connectivity index (χ2n) is 14.4. The molecule has 3 atom stereocenters. The second kappa shape index (κ2) is 14.9. The van der Waals surface area contributed by atoms with Gasteiger partial charge in [-0.1, -0.05) is 66.6 Å². The average Bonchev–Trinajstić information content (AvgIpc) is 2.88. The van der Waals surface area contributed by atoms with E-state index in [0.29, 0.717) is 12.0 Å². The lowest BCUT2D eigenvalue weighted by molar-refractivity contribution is -0.159. The third kappa shape index (κ3) is 11.5. The van der Waals surface area contributed by atoms with Crippen LogP contribution in [0.5, 0.6) is 0 Å². The topological polar surface area (TPSA) is 114 Å². The molecular formula is C36H53N3O6. The second-order valence-corrected chi connectivity index (χ2v) is 14.4. The van der Waals surface area contributed by atoms with Crippen molar-refractivity contribution < 1.29 is 28.7 Å². The fraction of sp³-hybridized carbons (Fsp3) is 0.556. The summed E-state index contributed by atoms with van der Waals surface area (Å²) in [6, 6.07) is 11.9. The molecule has 9 nitrogen and oxygen atoms in total. The van der Waals surface area contributed by atoms with Crippen molar-refractivity contribution in [1.82, 2.24) is 15.5 Å². The van der Waals surface area contributed by atoms with E-state index in [4.69, 9.17) is 9.47 Å². The maximum Gasteiger partial charge on any atom is 0.408 e. The molecule has 0 spiro atoms. The molecule has 0 fully saturated rings. The molecular weight excluding hydrogens is 570 g/mol. The predicted molar refractivity (Wildman–Crippen MR) is 177 cm³/mol. The van der Waals surface area contributed by atoms with Crippen LogP contribution >= 0.6 is 0 Å². The third-order valence-corrected chi connectivity index (χ3v) is 7.22. The number of amides is 3. The van der Waals surface area contributed by atoms with Crippen molar-refractivity contribution in [1.29, 1.82) is 0 Å². The summed E-state index contributed by atoms with van der Waals surface area (Å²) in [5.41, 5.74) is 0.891. The van der Waals surface area contributed by atoms with Gasteiger partial charge in [-0.2, -0.15) is 0 Å². The highest BCUT2D eigenvalue weighted by molar-refractivity contribution is 5.94. The zero-order chi connectivity index (χ0) is 34.3. The molecule has 0 aromatic heterocycles. The molecule has 9 heteroatoms. The van der Waals surface area contributed by atoms with Crippen molar-refractivity contribution in [2.45, 2.75) is 131 Å². The van der Waals surface area contributed by atoms with Crippen molar-refractivity contribution in [3.05, 3.63) is 70.8 Å². The van der Waals surface area contributed by atoms with E-state index in [0.717, 1.165) is 16.7 Å². The van der Waals surface area contributed by atoms with Gasteiger partial charge in [0.05, 0.1) is 0 Å². The molecule has 0 bridgehead atoms. The molecule has 3 amide bonds. The number of benzene rings is 2. The molecule has 0 aliphatic carbocycles. The highest BCUT2D eigenvalue weighted by atomic mass is 16.6. The maximum absolute atomic E-state index is 14.6. The summed E-state index contributed by atoms with van der Waals surface area (Å²) in [5, 5.41) is 5.59. The van der Waals surface area contributed by atoms with E-state index >= 15 is 0 Å². The van der Waals surface area contributed by atoms with E-state index in [1.165, 1.54) is 4.90 Å². The van der Waals surface area contributed by atoms with Crippen LogP contribution in [-0.4, -0.2) is 57.6 Å². The molecule has 248 valence electrons. The summed E-state index contributed by atoms with van der Waals surface area (Å²) in [6.45, 7) is 21.6. The van der Waals surface area contributed by atoms with E-state index in [-0.39, 0.29) is 6.42 Å². The van der Waals surface area contributed by atoms with Crippen molar-refractivity contribution in [3.8, 4) is 0 Å². The standard InChI is InChI=1S/C36H53N3O6/c1-13-36(11,12)39(31(41)25(4)37-33(43)45-35(8,9)10)29(27-20-23(2)19-24(3)21-27)30(40)38-28(32(42)44-34(5,6)7)22-26-17-15-14-16-18-26/h14-21,25,28-29H,13,22H2,1-12H3,(H,37,43)(H,38,40). The first-order valence-corrected chi connectivity index (χ1v) is 15.6. The molecule has 2 N–H and O–H groups in total. The molecule has 0 saturated heterocycles. The van der Waals surface area contributed by atoms with Gasteiger partial charge < -0.3 is 25.0 Å². The zero-order valence-electron chi connectivity index (χ0n) is 29.2. The summed E-state index contributed by atoms with van der Waals surface area (Å²) < 4.78 is 11.1. The van der Waals surface area contributed by atoms with E-state index in [1.54, 1.807) is 48.5 Å². The Hall–Kier alpha value is -3.88. The number of carbonyl (C=O) groups is 4. The van der Waals surface area contributed by atoms with Crippen LogP contribution in [0.1, 0.15) is 104 Å². The summed E-state index contributed by atoms with van der Waals surface area (Å²) in [4.78, 5) is 56.5. The van der Waals surface area contributed by atoms with Gasteiger partial charge in [0.2, 0.25) is 11.8 Å². The lowest BCUT2D eigenvalue weighted by Crippen LogP contribution is -2.59. The minimum absolute atomic E-state index is 0.197. The Balaban J connectivity index is 2.65. The number of aryl methyl sites for hydroxylation is 2. The largest absolute Gasteiger partial charge is 0.458 e. The number of esters is 1. The normalized spacial score (nSPS) is 14.0. The lowest BCUT2D eigenvalue weighted by atomic mass is 9.90. The molecule has 0 aliphatic heterocycles. The fourth-order valence-corrected chi connectivity index (χ4v) is 4.95. The molecule has 0 aliphatic rings. The van der Waals surface area contributed by atoms with Gasteiger partial charge in [0.15, 0.2) is 0 Å². The Morgan fingerprint density at radius 3 is 1.82 bits per heavy atom. The summed E-state index contributed by atoms with van der Waals surface area (Å²) >= 11 is 0. The number of hydrogen-bond acceptors (Lipinski definition) is 6. The van der Waals surface area contributed by atoms with E-state index < -0.39 is 58.7 Å². The Kier molecular flexibility index (Phi) is 12.4. The number of rotatable bonds is 11. The van der Waals surface area contributed by atoms with E-state index in [2.05, 4.69) is 10.6 Å². The van der Waals surface area contributed by atoms with Gasteiger partial charge in [-0.15, -0.1) is 0 Å². The van der Waals surface area contributed by atoms with Gasteiger partial charge in [0.1, 0.15) is 29.3 Å². The number of carbonyl (C=O) groups excluding carboxylic acids is 4. The molecule has 2 aromatic carbocycles. The summed E-state index contributed by atoms with van der Waals surface area (Å²) in [5.74, 6) is -1.58. The van der Waals surface area contributed by atoms with Crippen LogP contribution in [0.15, 0.2) is 48.5 Å². The van der Waals surface area contributed by atoms with Gasteiger partial charge >= 0.3 is 12.1 Å². The Labute approximate surface area is 269 Å². The van der Waals surface area contributed by atoms with Gasteiger partial charge in [-0.3, -0.25) is 9.59 Å². The number of nitrogens with one attached hydrogen (secondary N) is 2. The number of ether oxygens (including phenoxy) is 2. The van der Waals surface area contributed by atoms with Crippen molar-refractivity contribution >= 4 is 23.9 Å². The van der Waals surface area contributed by atoms with Gasteiger partial charge in [-0.25, -0.2) is 9.59 Å². The lowest BCUT2D eigenvalue weighted by Gasteiger charge is -2.44. The number of alkyl carbamates (subject to hydrolysis) is 1. The van der Waals surface area contributed by atoms with Crippen molar-refractivity contribution in [2.24, 2.45) is 0 Å². The molecule has 45 heavy (non-hydrogen) atoms. The first kappa shape index (κ1) is 37.3. The highest BCUT2D eigenvalue weighted by Crippen LogP contribution is 2.33. The van der Waals surface area contributed by atoms with Gasteiger partial charge in [0.25, 0.3) is 0 Å². The fourth-order valence-electron chi connectivity index (χ4n) is 4.95. The van der Waals surface area contributed by atoms with Gasteiger partial charge in [0, 0.05) is 12.0 Å². The summed E-state index contributed by atoms with van der Waals surface area (Å²) in [6.07, 6.45) is -0.0350. The van der Waals surface area contributed by atoms with Crippen LogP contribution in [0, 0.1) is 13.8 Å². The molecule has 3 unspecified atom stereocenters. The van der Waals surface area contributed by atoms with Crippen LogP contribution in [0.4, 0.5) is 4.79 Å². The van der Waals surface area contributed by atoms with Crippen LogP contribution in [0.2, 0.25) is 0 Å².